The topological polar surface area (TPSA) is 61.6 Å². The van der Waals surface area contributed by atoms with Crippen LogP contribution in [-0.4, -0.2) is 67.6 Å². The van der Waals surface area contributed by atoms with Gasteiger partial charge in [0.2, 0.25) is 5.91 Å². The van der Waals surface area contributed by atoms with Crippen LogP contribution in [0.3, 0.4) is 0 Å². The molecule has 106 valence electrons. The van der Waals surface area contributed by atoms with Gasteiger partial charge in [0.15, 0.2) is 0 Å². The summed E-state index contributed by atoms with van der Waals surface area (Å²) in [5, 5.41) is 3.03. The lowest BCUT2D eigenvalue weighted by molar-refractivity contribution is -0.124. The number of nitrogens with one attached hydrogen (secondary N) is 1. The van der Waals surface area contributed by atoms with Crippen molar-refractivity contribution in [1.82, 2.24) is 15.1 Å². The van der Waals surface area contributed by atoms with Crippen LogP contribution < -0.4 is 11.1 Å². The predicted molar refractivity (Wildman–Crippen MR) is 74.4 cm³/mol. The number of likely N-dealkylation sites (tertiary alicyclic amines) is 1. The molecule has 5 heteroatoms. The highest BCUT2D eigenvalue weighted by atomic mass is 16.1. The molecule has 1 amide bonds. The first-order valence-electron chi connectivity index (χ1n) is 6.84. The van der Waals surface area contributed by atoms with E-state index in [1.54, 1.807) is 7.05 Å². The van der Waals surface area contributed by atoms with Crippen LogP contribution in [0, 0.1) is 0 Å². The Morgan fingerprint density at radius 3 is 2.78 bits per heavy atom. The Balaban J connectivity index is 2.50. The van der Waals surface area contributed by atoms with Gasteiger partial charge in [-0.25, -0.2) is 0 Å². The molecule has 2 atom stereocenters. The Bertz CT molecular complexity index is 284. The van der Waals surface area contributed by atoms with Gasteiger partial charge in [-0.1, -0.05) is 6.92 Å². The molecule has 0 radical (unpaired) electrons. The fourth-order valence-electron chi connectivity index (χ4n) is 2.76. The normalized spacial score (nSPS) is 24.4. The molecule has 0 saturated carbocycles. The summed E-state index contributed by atoms with van der Waals surface area (Å²) in [7, 11) is 3.84. The Kier molecular flexibility index (Phi) is 5.56. The summed E-state index contributed by atoms with van der Waals surface area (Å²) in [6.45, 7) is 8.02. The predicted octanol–water partition coefficient (Wildman–Crippen LogP) is -0.134. The van der Waals surface area contributed by atoms with Crippen LogP contribution >= 0.6 is 0 Å². The van der Waals surface area contributed by atoms with E-state index in [9.17, 15) is 4.79 Å². The zero-order chi connectivity index (χ0) is 13.8. The van der Waals surface area contributed by atoms with Gasteiger partial charge in [0.05, 0.1) is 0 Å². The first kappa shape index (κ1) is 15.4. The SMILES string of the molecule is CCN1CCCC1CN(C)CC(C)(NC)C(N)=O. The third kappa shape index (κ3) is 3.67. The Hall–Kier alpha value is -0.650. The average molecular weight is 256 g/mol. The summed E-state index contributed by atoms with van der Waals surface area (Å²) >= 11 is 0. The van der Waals surface area contributed by atoms with Crippen LogP contribution in [0.2, 0.25) is 0 Å². The fraction of sp³-hybridized carbons (Fsp3) is 0.923. The van der Waals surface area contributed by atoms with Crippen LogP contribution in [0.1, 0.15) is 26.7 Å². The number of amides is 1. The fourth-order valence-corrected chi connectivity index (χ4v) is 2.76. The molecule has 0 bridgehead atoms. The molecule has 0 aromatic heterocycles. The van der Waals surface area contributed by atoms with Gasteiger partial charge >= 0.3 is 0 Å². The van der Waals surface area contributed by atoms with Crippen molar-refractivity contribution in [2.45, 2.75) is 38.3 Å². The molecule has 5 nitrogen and oxygen atoms in total. The standard InChI is InChI=1S/C13H28N4O/c1-5-17-8-6-7-11(17)9-16(4)10-13(2,15-3)12(14)18/h11,15H,5-10H2,1-4H3,(H2,14,18). The number of nitrogens with zero attached hydrogens (tertiary/aromatic N) is 2. The van der Waals surface area contributed by atoms with Gasteiger partial charge in [0, 0.05) is 19.1 Å². The van der Waals surface area contributed by atoms with E-state index < -0.39 is 5.54 Å². The number of hydrogen-bond donors (Lipinski definition) is 2. The van der Waals surface area contributed by atoms with Crippen molar-refractivity contribution in [3.05, 3.63) is 0 Å². The van der Waals surface area contributed by atoms with Gasteiger partial charge in [0.25, 0.3) is 0 Å². The monoisotopic (exact) mass is 256 g/mol. The number of carbonyl (C=O) groups excluding carboxylic acids is 1. The van der Waals surface area contributed by atoms with Gasteiger partial charge in [-0.3, -0.25) is 9.69 Å². The quantitative estimate of drug-likeness (QED) is 0.666. The minimum atomic E-state index is -0.648. The molecule has 1 aliphatic heterocycles. The van der Waals surface area contributed by atoms with Crippen molar-refractivity contribution < 1.29 is 4.79 Å². The van der Waals surface area contributed by atoms with E-state index in [0.29, 0.717) is 12.6 Å². The number of nitrogens with two attached hydrogens (primary N) is 1. The molecule has 2 unspecified atom stereocenters. The van der Waals surface area contributed by atoms with E-state index in [0.717, 1.165) is 13.1 Å². The van der Waals surface area contributed by atoms with Crippen molar-refractivity contribution in [2.75, 3.05) is 40.3 Å². The van der Waals surface area contributed by atoms with Crippen LogP contribution in [0.15, 0.2) is 0 Å². The van der Waals surface area contributed by atoms with E-state index in [1.807, 2.05) is 6.92 Å². The number of hydrogen-bond acceptors (Lipinski definition) is 4. The molecule has 18 heavy (non-hydrogen) atoms. The summed E-state index contributed by atoms with van der Waals surface area (Å²) in [5.74, 6) is -0.296. The second-order valence-electron chi connectivity index (χ2n) is 5.57. The third-order valence-corrected chi connectivity index (χ3v) is 4.11. The first-order chi connectivity index (χ1) is 8.42. The summed E-state index contributed by atoms with van der Waals surface area (Å²) in [4.78, 5) is 16.2. The van der Waals surface area contributed by atoms with Crippen molar-refractivity contribution in [3.63, 3.8) is 0 Å². The highest BCUT2D eigenvalue weighted by molar-refractivity contribution is 5.84. The largest absolute Gasteiger partial charge is 0.368 e. The molecule has 1 saturated heterocycles. The van der Waals surface area contributed by atoms with Gasteiger partial charge < -0.3 is 16.0 Å². The van der Waals surface area contributed by atoms with Gasteiger partial charge in [-0.15, -0.1) is 0 Å². The zero-order valence-corrected chi connectivity index (χ0v) is 12.2. The van der Waals surface area contributed by atoms with Gasteiger partial charge in [-0.2, -0.15) is 0 Å². The molecule has 1 fully saturated rings. The number of likely N-dealkylation sites (N-methyl/N-ethyl adjacent to an activating group) is 3. The number of rotatable bonds is 7. The molecular weight excluding hydrogens is 228 g/mol. The van der Waals surface area contributed by atoms with E-state index in [2.05, 4.69) is 29.1 Å². The highest BCUT2D eigenvalue weighted by Crippen LogP contribution is 2.18. The molecule has 1 rings (SSSR count). The van der Waals surface area contributed by atoms with Crippen LogP contribution in [-0.2, 0) is 4.79 Å². The maximum Gasteiger partial charge on any atom is 0.238 e. The molecule has 1 aliphatic rings. The number of primary amides is 1. The minimum absolute atomic E-state index is 0.296. The molecule has 0 aromatic rings. The smallest absolute Gasteiger partial charge is 0.238 e. The van der Waals surface area contributed by atoms with Crippen molar-refractivity contribution in [2.24, 2.45) is 5.73 Å². The average Bonchev–Trinajstić information content (AvgIpc) is 2.75. The molecule has 0 spiro atoms. The van der Waals surface area contributed by atoms with Crippen LogP contribution in [0.25, 0.3) is 0 Å². The second-order valence-corrected chi connectivity index (χ2v) is 5.57. The van der Waals surface area contributed by atoms with Gasteiger partial charge in [-0.05, 0) is 47.0 Å². The lowest BCUT2D eigenvalue weighted by atomic mass is 10.0. The second kappa shape index (κ2) is 6.50. The molecule has 0 aliphatic carbocycles. The summed E-state index contributed by atoms with van der Waals surface area (Å²) in [6.07, 6.45) is 2.54. The van der Waals surface area contributed by atoms with E-state index in [-0.39, 0.29) is 5.91 Å². The molecule has 3 N–H and O–H groups in total. The maximum absolute atomic E-state index is 11.5. The third-order valence-electron chi connectivity index (χ3n) is 4.11. The summed E-state index contributed by atoms with van der Waals surface area (Å²) in [6, 6.07) is 0.619. The lowest BCUT2D eigenvalue weighted by Gasteiger charge is -2.33. The zero-order valence-electron chi connectivity index (χ0n) is 12.2. The van der Waals surface area contributed by atoms with Crippen LogP contribution in [0.4, 0.5) is 0 Å². The molecule has 0 aromatic carbocycles. The van der Waals surface area contributed by atoms with Crippen molar-refractivity contribution >= 4 is 5.91 Å². The molecule has 1 heterocycles. The van der Waals surface area contributed by atoms with Crippen LogP contribution in [0.5, 0.6) is 0 Å². The maximum atomic E-state index is 11.5. The highest BCUT2D eigenvalue weighted by Gasteiger charge is 2.32. The molecular formula is C13H28N4O. The van der Waals surface area contributed by atoms with Crippen molar-refractivity contribution in [3.8, 4) is 0 Å². The first-order valence-corrected chi connectivity index (χ1v) is 6.84. The van der Waals surface area contributed by atoms with E-state index in [4.69, 9.17) is 5.73 Å². The summed E-state index contributed by atoms with van der Waals surface area (Å²) < 4.78 is 0. The Labute approximate surface area is 111 Å². The lowest BCUT2D eigenvalue weighted by Crippen LogP contribution is -2.58. The Morgan fingerprint density at radius 2 is 2.28 bits per heavy atom. The number of carbonyl (C=O) groups is 1. The minimum Gasteiger partial charge on any atom is -0.368 e. The summed E-state index contributed by atoms with van der Waals surface area (Å²) in [5.41, 5.74) is 4.80. The van der Waals surface area contributed by atoms with Crippen molar-refractivity contribution in [1.29, 1.82) is 0 Å². The Morgan fingerprint density at radius 1 is 1.61 bits per heavy atom. The van der Waals surface area contributed by atoms with E-state index in [1.165, 1.54) is 19.4 Å². The van der Waals surface area contributed by atoms with Gasteiger partial charge in [0.1, 0.15) is 5.54 Å². The van der Waals surface area contributed by atoms with E-state index >= 15 is 0 Å².